The van der Waals surface area contributed by atoms with Gasteiger partial charge in [0.1, 0.15) is 0 Å². The SMILES string of the molecule is CCCC(NC)c1ccn(CCOCCO)c1. The molecule has 0 amide bonds. The standard InChI is InChI=1S/C13H24N2O2/c1-3-4-13(14-2)12-5-6-15(11-12)7-9-17-10-8-16/h5-6,11,13-14,16H,3-4,7-10H2,1-2H3. The molecule has 0 aliphatic carbocycles. The summed E-state index contributed by atoms with van der Waals surface area (Å²) in [5.74, 6) is 0. The van der Waals surface area contributed by atoms with Gasteiger partial charge >= 0.3 is 0 Å². The van der Waals surface area contributed by atoms with Gasteiger partial charge < -0.3 is 19.7 Å². The minimum Gasteiger partial charge on any atom is -0.394 e. The van der Waals surface area contributed by atoms with Crippen molar-refractivity contribution in [2.24, 2.45) is 0 Å². The Morgan fingerprint density at radius 3 is 2.94 bits per heavy atom. The maximum Gasteiger partial charge on any atom is 0.0698 e. The van der Waals surface area contributed by atoms with Gasteiger partial charge in [-0.3, -0.25) is 0 Å². The average molecular weight is 240 g/mol. The van der Waals surface area contributed by atoms with E-state index in [4.69, 9.17) is 9.84 Å². The van der Waals surface area contributed by atoms with Crippen molar-refractivity contribution in [3.05, 3.63) is 24.0 Å². The van der Waals surface area contributed by atoms with Crippen molar-refractivity contribution < 1.29 is 9.84 Å². The third-order valence-corrected chi connectivity index (χ3v) is 2.83. The first kappa shape index (κ1) is 14.2. The molecular formula is C13H24N2O2. The number of ether oxygens (including phenoxy) is 1. The molecule has 0 aliphatic heterocycles. The molecule has 1 aromatic rings. The lowest BCUT2D eigenvalue weighted by atomic mass is 10.1. The first-order chi connectivity index (χ1) is 8.31. The van der Waals surface area contributed by atoms with Crippen molar-refractivity contribution in [3.63, 3.8) is 0 Å². The van der Waals surface area contributed by atoms with Crippen molar-refractivity contribution >= 4 is 0 Å². The molecule has 0 bridgehead atoms. The predicted octanol–water partition coefficient (Wildman–Crippen LogP) is 1.56. The van der Waals surface area contributed by atoms with Crippen molar-refractivity contribution in [3.8, 4) is 0 Å². The van der Waals surface area contributed by atoms with Gasteiger partial charge in [-0.15, -0.1) is 0 Å². The van der Waals surface area contributed by atoms with E-state index in [1.165, 1.54) is 12.0 Å². The number of aliphatic hydroxyl groups excluding tert-OH is 1. The van der Waals surface area contributed by atoms with Gasteiger partial charge in [-0.1, -0.05) is 13.3 Å². The summed E-state index contributed by atoms with van der Waals surface area (Å²) in [7, 11) is 2.00. The highest BCUT2D eigenvalue weighted by molar-refractivity contribution is 5.15. The van der Waals surface area contributed by atoms with E-state index in [1.54, 1.807) is 0 Å². The van der Waals surface area contributed by atoms with E-state index in [0.717, 1.165) is 13.0 Å². The molecule has 0 spiro atoms. The van der Waals surface area contributed by atoms with Crippen LogP contribution < -0.4 is 5.32 Å². The van der Waals surface area contributed by atoms with Crippen molar-refractivity contribution in [2.75, 3.05) is 26.9 Å². The van der Waals surface area contributed by atoms with E-state index in [1.807, 2.05) is 7.05 Å². The number of rotatable bonds is 9. The Morgan fingerprint density at radius 2 is 2.29 bits per heavy atom. The Hall–Kier alpha value is -0.840. The molecular weight excluding hydrogens is 216 g/mol. The van der Waals surface area contributed by atoms with Gasteiger partial charge in [-0.25, -0.2) is 0 Å². The summed E-state index contributed by atoms with van der Waals surface area (Å²) in [4.78, 5) is 0. The van der Waals surface area contributed by atoms with E-state index in [-0.39, 0.29) is 6.61 Å². The van der Waals surface area contributed by atoms with Crippen LogP contribution >= 0.6 is 0 Å². The van der Waals surface area contributed by atoms with Gasteiger partial charge in [0, 0.05) is 25.0 Å². The van der Waals surface area contributed by atoms with Gasteiger partial charge in [0.05, 0.1) is 19.8 Å². The maximum absolute atomic E-state index is 8.59. The summed E-state index contributed by atoms with van der Waals surface area (Å²) in [6, 6.07) is 2.60. The topological polar surface area (TPSA) is 46.4 Å². The molecule has 4 heteroatoms. The van der Waals surface area contributed by atoms with E-state index < -0.39 is 0 Å². The van der Waals surface area contributed by atoms with Crippen molar-refractivity contribution in [2.45, 2.75) is 32.4 Å². The van der Waals surface area contributed by atoms with Crippen LogP contribution in [0.1, 0.15) is 31.4 Å². The summed E-state index contributed by atoms with van der Waals surface area (Å²) >= 11 is 0. The number of hydrogen-bond donors (Lipinski definition) is 2. The van der Waals surface area contributed by atoms with E-state index >= 15 is 0 Å². The highest BCUT2D eigenvalue weighted by Crippen LogP contribution is 2.18. The van der Waals surface area contributed by atoms with Crippen molar-refractivity contribution in [1.29, 1.82) is 0 Å². The molecule has 1 atom stereocenters. The lowest BCUT2D eigenvalue weighted by Crippen LogP contribution is -2.15. The summed E-state index contributed by atoms with van der Waals surface area (Å²) in [6.45, 7) is 4.19. The highest BCUT2D eigenvalue weighted by Gasteiger charge is 2.08. The van der Waals surface area contributed by atoms with Gasteiger partial charge in [0.2, 0.25) is 0 Å². The molecule has 0 radical (unpaired) electrons. The molecule has 2 N–H and O–H groups in total. The minimum absolute atomic E-state index is 0.0925. The van der Waals surface area contributed by atoms with Crippen LogP contribution in [0.2, 0.25) is 0 Å². The largest absolute Gasteiger partial charge is 0.394 e. The van der Waals surface area contributed by atoms with Crippen LogP contribution in [0.15, 0.2) is 18.5 Å². The third-order valence-electron chi connectivity index (χ3n) is 2.83. The summed E-state index contributed by atoms with van der Waals surface area (Å²) in [5.41, 5.74) is 1.33. The Kier molecular flexibility index (Phi) is 6.93. The number of hydrogen-bond acceptors (Lipinski definition) is 3. The van der Waals surface area contributed by atoms with E-state index in [0.29, 0.717) is 19.3 Å². The number of nitrogens with one attached hydrogen (secondary N) is 1. The molecule has 17 heavy (non-hydrogen) atoms. The Labute approximate surface area is 104 Å². The molecule has 4 nitrogen and oxygen atoms in total. The molecule has 0 aromatic carbocycles. The van der Waals surface area contributed by atoms with Crippen LogP contribution in [-0.2, 0) is 11.3 Å². The lowest BCUT2D eigenvalue weighted by molar-refractivity contribution is 0.0870. The molecule has 0 saturated heterocycles. The first-order valence-electron chi connectivity index (χ1n) is 6.33. The van der Waals surface area contributed by atoms with Crippen LogP contribution in [0.25, 0.3) is 0 Å². The van der Waals surface area contributed by atoms with Gasteiger partial charge in [-0.2, -0.15) is 0 Å². The molecule has 0 fully saturated rings. The van der Waals surface area contributed by atoms with Crippen LogP contribution in [-0.4, -0.2) is 36.5 Å². The van der Waals surface area contributed by atoms with E-state index in [9.17, 15) is 0 Å². The predicted molar refractivity (Wildman–Crippen MR) is 69.0 cm³/mol. The molecule has 1 unspecified atom stereocenters. The minimum atomic E-state index is 0.0925. The van der Waals surface area contributed by atoms with Gasteiger partial charge in [0.15, 0.2) is 0 Å². The number of aliphatic hydroxyl groups is 1. The van der Waals surface area contributed by atoms with Gasteiger partial charge in [0.25, 0.3) is 0 Å². The molecule has 98 valence electrons. The summed E-state index contributed by atoms with van der Waals surface area (Å²) in [5, 5.41) is 11.9. The molecule has 1 heterocycles. The van der Waals surface area contributed by atoms with E-state index in [2.05, 4.69) is 35.3 Å². The Morgan fingerprint density at radius 1 is 1.47 bits per heavy atom. The molecule has 1 rings (SSSR count). The zero-order valence-corrected chi connectivity index (χ0v) is 10.9. The smallest absolute Gasteiger partial charge is 0.0698 e. The van der Waals surface area contributed by atoms with Crippen LogP contribution in [0.3, 0.4) is 0 Å². The monoisotopic (exact) mass is 240 g/mol. The summed E-state index contributed by atoms with van der Waals surface area (Å²) < 4.78 is 7.38. The highest BCUT2D eigenvalue weighted by atomic mass is 16.5. The lowest BCUT2D eigenvalue weighted by Gasteiger charge is -2.13. The van der Waals surface area contributed by atoms with Crippen LogP contribution in [0.4, 0.5) is 0 Å². The van der Waals surface area contributed by atoms with Crippen LogP contribution in [0.5, 0.6) is 0 Å². The number of aromatic nitrogens is 1. The summed E-state index contributed by atoms with van der Waals surface area (Å²) in [6.07, 6.45) is 6.58. The average Bonchev–Trinajstić information content (AvgIpc) is 2.80. The zero-order chi connectivity index (χ0) is 12.5. The normalized spacial score (nSPS) is 12.9. The Bertz CT molecular complexity index is 299. The number of nitrogens with zero attached hydrogens (tertiary/aromatic N) is 1. The Balaban J connectivity index is 2.40. The quantitative estimate of drug-likeness (QED) is 0.644. The molecule has 0 aliphatic rings. The fraction of sp³-hybridized carbons (Fsp3) is 0.692. The first-order valence-corrected chi connectivity index (χ1v) is 6.33. The third kappa shape index (κ3) is 4.89. The second-order valence-electron chi connectivity index (χ2n) is 4.15. The molecule has 0 saturated carbocycles. The fourth-order valence-corrected chi connectivity index (χ4v) is 1.91. The molecule has 1 aromatic heterocycles. The second-order valence-corrected chi connectivity index (χ2v) is 4.15. The van der Waals surface area contributed by atoms with Gasteiger partial charge in [-0.05, 0) is 25.1 Å². The second kappa shape index (κ2) is 8.28. The maximum atomic E-state index is 8.59. The van der Waals surface area contributed by atoms with Crippen molar-refractivity contribution in [1.82, 2.24) is 9.88 Å². The zero-order valence-electron chi connectivity index (χ0n) is 10.9. The fourth-order valence-electron chi connectivity index (χ4n) is 1.91. The van der Waals surface area contributed by atoms with Crippen LogP contribution in [0, 0.1) is 0 Å².